The van der Waals surface area contributed by atoms with Crippen LogP contribution in [0.25, 0.3) is 0 Å². The van der Waals surface area contributed by atoms with Crippen LogP contribution >= 0.6 is 0 Å². The van der Waals surface area contributed by atoms with E-state index < -0.39 is 12.3 Å². The van der Waals surface area contributed by atoms with Gasteiger partial charge in [0.25, 0.3) is 0 Å². The molecule has 0 aromatic heterocycles. The maximum Gasteiger partial charge on any atom is 0.223 e. The summed E-state index contributed by atoms with van der Waals surface area (Å²) in [5.41, 5.74) is 0.981. The molecule has 23 heavy (non-hydrogen) atoms. The summed E-state index contributed by atoms with van der Waals surface area (Å²) in [6, 6.07) is 8.92. The molecule has 1 atom stereocenters. The van der Waals surface area contributed by atoms with Gasteiger partial charge in [-0.15, -0.1) is 0 Å². The van der Waals surface area contributed by atoms with Crippen molar-refractivity contribution < 1.29 is 15.0 Å². The van der Waals surface area contributed by atoms with Gasteiger partial charge in [-0.3, -0.25) is 4.79 Å². The lowest BCUT2D eigenvalue weighted by molar-refractivity contribution is -0.132. The Morgan fingerprint density at radius 2 is 1.74 bits per heavy atom. The number of aliphatic hydroxyl groups is 2. The second-order valence-electron chi connectivity index (χ2n) is 7.07. The van der Waals surface area contributed by atoms with Crippen LogP contribution in [0.2, 0.25) is 0 Å². The first-order valence-corrected chi connectivity index (χ1v) is 8.67. The number of benzene rings is 1. The van der Waals surface area contributed by atoms with Gasteiger partial charge in [-0.2, -0.15) is 0 Å². The van der Waals surface area contributed by atoms with Gasteiger partial charge in [0.1, 0.15) is 0 Å². The van der Waals surface area contributed by atoms with E-state index in [0.717, 1.165) is 31.2 Å². The normalized spacial score (nSPS) is 23.0. The summed E-state index contributed by atoms with van der Waals surface area (Å²) in [6.07, 6.45) is 2.83. The molecule has 0 aliphatic heterocycles. The highest BCUT2D eigenvalue weighted by atomic mass is 16.5. The number of aliphatic hydroxyl groups excluding tert-OH is 1. The van der Waals surface area contributed by atoms with E-state index in [2.05, 4.69) is 19.2 Å². The van der Waals surface area contributed by atoms with Crippen LogP contribution in [0.1, 0.15) is 45.1 Å². The van der Waals surface area contributed by atoms with Crippen LogP contribution in [-0.2, 0) is 11.2 Å². The second-order valence-corrected chi connectivity index (χ2v) is 7.07. The number of amides is 1. The molecule has 1 amide bonds. The van der Waals surface area contributed by atoms with Crippen molar-refractivity contribution in [2.75, 3.05) is 0 Å². The van der Waals surface area contributed by atoms with Gasteiger partial charge in [0.15, 0.2) is 6.29 Å². The SMILES string of the molecule is CC(C)C1CCC(C(=O)NC(Cc2ccccc2)C(O)O)CC1. The first kappa shape index (κ1) is 18.0. The monoisotopic (exact) mass is 319 g/mol. The van der Waals surface area contributed by atoms with E-state index in [1.807, 2.05) is 30.3 Å². The van der Waals surface area contributed by atoms with Crippen LogP contribution in [0.3, 0.4) is 0 Å². The summed E-state index contributed by atoms with van der Waals surface area (Å²) >= 11 is 0. The molecule has 0 saturated heterocycles. The van der Waals surface area contributed by atoms with Crippen LogP contribution in [-0.4, -0.2) is 28.5 Å². The van der Waals surface area contributed by atoms with Crippen LogP contribution in [0, 0.1) is 17.8 Å². The summed E-state index contributed by atoms with van der Waals surface area (Å²) in [5.74, 6) is 1.34. The summed E-state index contributed by atoms with van der Waals surface area (Å²) in [7, 11) is 0. The molecular formula is C19H29NO3. The van der Waals surface area contributed by atoms with Gasteiger partial charge in [-0.25, -0.2) is 0 Å². The largest absolute Gasteiger partial charge is 0.366 e. The summed E-state index contributed by atoms with van der Waals surface area (Å²) in [4.78, 5) is 12.4. The Bertz CT molecular complexity index is 479. The zero-order chi connectivity index (χ0) is 16.8. The smallest absolute Gasteiger partial charge is 0.223 e. The molecule has 4 nitrogen and oxygen atoms in total. The third kappa shape index (κ3) is 5.33. The van der Waals surface area contributed by atoms with Gasteiger partial charge in [0.05, 0.1) is 6.04 Å². The number of nitrogens with one attached hydrogen (secondary N) is 1. The van der Waals surface area contributed by atoms with Gasteiger partial charge in [0, 0.05) is 5.92 Å². The van der Waals surface area contributed by atoms with E-state index in [1.54, 1.807) is 0 Å². The minimum Gasteiger partial charge on any atom is -0.366 e. The average Bonchev–Trinajstić information content (AvgIpc) is 2.55. The minimum atomic E-state index is -1.55. The third-order valence-electron chi connectivity index (χ3n) is 5.07. The fourth-order valence-corrected chi connectivity index (χ4v) is 3.45. The van der Waals surface area contributed by atoms with Crippen molar-refractivity contribution in [1.82, 2.24) is 5.32 Å². The third-order valence-corrected chi connectivity index (χ3v) is 5.07. The standard InChI is InChI=1S/C19H29NO3/c1-13(2)15-8-10-16(11-9-15)18(21)20-17(19(22)23)12-14-6-4-3-5-7-14/h3-7,13,15-17,19,22-23H,8-12H2,1-2H3,(H,20,21). The van der Waals surface area contributed by atoms with Crippen LogP contribution in [0.15, 0.2) is 30.3 Å². The zero-order valence-corrected chi connectivity index (χ0v) is 14.1. The Morgan fingerprint density at radius 1 is 1.13 bits per heavy atom. The van der Waals surface area contributed by atoms with Gasteiger partial charge < -0.3 is 15.5 Å². The van der Waals surface area contributed by atoms with E-state index in [9.17, 15) is 15.0 Å². The first-order valence-electron chi connectivity index (χ1n) is 8.67. The Hall–Kier alpha value is -1.39. The van der Waals surface area contributed by atoms with E-state index >= 15 is 0 Å². The van der Waals surface area contributed by atoms with Crippen molar-refractivity contribution in [3.63, 3.8) is 0 Å². The predicted octanol–water partition coefficient (Wildman–Crippen LogP) is 2.49. The fourth-order valence-electron chi connectivity index (χ4n) is 3.45. The zero-order valence-electron chi connectivity index (χ0n) is 14.1. The lowest BCUT2D eigenvalue weighted by atomic mass is 9.76. The highest BCUT2D eigenvalue weighted by molar-refractivity contribution is 5.79. The molecule has 3 N–H and O–H groups in total. The molecule has 0 spiro atoms. The van der Waals surface area contributed by atoms with Gasteiger partial charge >= 0.3 is 0 Å². The number of hydrogen-bond donors (Lipinski definition) is 3. The van der Waals surface area contributed by atoms with Crippen molar-refractivity contribution >= 4 is 5.91 Å². The fraction of sp³-hybridized carbons (Fsp3) is 0.632. The molecule has 1 aromatic rings. The maximum atomic E-state index is 12.4. The summed E-state index contributed by atoms with van der Waals surface area (Å²) < 4.78 is 0. The molecular weight excluding hydrogens is 290 g/mol. The molecule has 1 aliphatic carbocycles. The molecule has 1 saturated carbocycles. The van der Waals surface area contributed by atoms with Crippen molar-refractivity contribution in [2.24, 2.45) is 17.8 Å². The van der Waals surface area contributed by atoms with Crippen molar-refractivity contribution in [3.05, 3.63) is 35.9 Å². The molecule has 4 heteroatoms. The van der Waals surface area contributed by atoms with Gasteiger partial charge in [-0.1, -0.05) is 44.2 Å². The van der Waals surface area contributed by atoms with E-state index in [4.69, 9.17) is 0 Å². The molecule has 1 unspecified atom stereocenters. The van der Waals surface area contributed by atoms with E-state index in [1.165, 1.54) is 0 Å². The van der Waals surface area contributed by atoms with Crippen molar-refractivity contribution in [3.8, 4) is 0 Å². The Kier molecular flexibility index (Phi) is 6.60. The molecule has 128 valence electrons. The predicted molar refractivity (Wildman–Crippen MR) is 90.6 cm³/mol. The second kappa shape index (κ2) is 8.46. The maximum absolute atomic E-state index is 12.4. The number of hydrogen-bond acceptors (Lipinski definition) is 3. The molecule has 2 rings (SSSR count). The quantitative estimate of drug-likeness (QED) is 0.706. The van der Waals surface area contributed by atoms with E-state index in [-0.39, 0.29) is 11.8 Å². The molecule has 1 aromatic carbocycles. The highest BCUT2D eigenvalue weighted by Gasteiger charge is 2.30. The molecule has 0 radical (unpaired) electrons. The highest BCUT2D eigenvalue weighted by Crippen LogP contribution is 2.33. The lowest BCUT2D eigenvalue weighted by Crippen LogP contribution is -2.47. The molecule has 1 fully saturated rings. The topological polar surface area (TPSA) is 69.6 Å². The van der Waals surface area contributed by atoms with Gasteiger partial charge in [0.2, 0.25) is 5.91 Å². The number of carbonyl (C=O) groups is 1. The van der Waals surface area contributed by atoms with Crippen molar-refractivity contribution in [1.29, 1.82) is 0 Å². The van der Waals surface area contributed by atoms with Gasteiger partial charge in [-0.05, 0) is 49.5 Å². The Labute approximate surface area is 138 Å². The van der Waals surface area contributed by atoms with Crippen LogP contribution < -0.4 is 5.32 Å². The first-order chi connectivity index (χ1) is 11.0. The number of rotatable bonds is 6. The van der Waals surface area contributed by atoms with Crippen molar-refractivity contribution in [2.45, 2.75) is 58.3 Å². The average molecular weight is 319 g/mol. The lowest BCUT2D eigenvalue weighted by Gasteiger charge is -2.31. The Morgan fingerprint density at radius 3 is 2.26 bits per heavy atom. The summed E-state index contributed by atoms with van der Waals surface area (Å²) in [6.45, 7) is 4.48. The molecule has 1 aliphatic rings. The summed E-state index contributed by atoms with van der Waals surface area (Å²) in [5, 5.41) is 22.0. The van der Waals surface area contributed by atoms with Crippen LogP contribution in [0.5, 0.6) is 0 Å². The molecule has 0 bridgehead atoms. The minimum absolute atomic E-state index is 0.00187. The van der Waals surface area contributed by atoms with E-state index in [0.29, 0.717) is 18.3 Å². The molecule has 0 heterocycles. The van der Waals surface area contributed by atoms with Crippen LogP contribution in [0.4, 0.5) is 0 Å². The Balaban J connectivity index is 1.89. The number of carbonyl (C=O) groups excluding carboxylic acids is 1.